The Labute approximate surface area is 126 Å². The zero-order valence-corrected chi connectivity index (χ0v) is 12.1. The van der Waals surface area contributed by atoms with Gasteiger partial charge in [-0.3, -0.25) is 14.9 Å². The lowest BCUT2D eigenvalue weighted by Gasteiger charge is -2.02. The van der Waals surface area contributed by atoms with Crippen LogP contribution in [0.2, 0.25) is 5.02 Å². The molecule has 2 amide bonds. The first-order valence-electron chi connectivity index (χ1n) is 6.21. The van der Waals surface area contributed by atoms with E-state index in [2.05, 4.69) is 20.7 Å². The van der Waals surface area contributed by atoms with E-state index < -0.39 is 0 Å². The number of rotatable bonds is 5. The molecule has 0 radical (unpaired) electrons. The average Bonchev–Trinajstić information content (AvgIpc) is 2.88. The highest BCUT2D eigenvalue weighted by molar-refractivity contribution is 6.30. The van der Waals surface area contributed by atoms with Gasteiger partial charge in [0.25, 0.3) is 0 Å². The van der Waals surface area contributed by atoms with E-state index in [-0.39, 0.29) is 30.7 Å². The molecule has 1 aromatic carbocycles. The summed E-state index contributed by atoms with van der Waals surface area (Å²) in [5.74, 6) is -0.271. The van der Waals surface area contributed by atoms with E-state index in [1.54, 1.807) is 24.3 Å². The van der Waals surface area contributed by atoms with Crippen LogP contribution in [-0.2, 0) is 22.6 Å². The normalized spacial score (nSPS) is 10.2. The molecule has 0 unspecified atom stereocenters. The monoisotopic (exact) mass is 307 g/mol. The van der Waals surface area contributed by atoms with Gasteiger partial charge in [0.05, 0.1) is 6.42 Å². The maximum atomic E-state index is 11.8. The summed E-state index contributed by atoms with van der Waals surface area (Å²) in [6, 6.07) is 7.00. The Morgan fingerprint density at radius 3 is 2.62 bits per heavy atom. The van der Waals surface area contributed by atoms with Crippen LogP contribution in [0, 0.1) is 0 Å². The summed E-state index contributed by atoms with van der Waals surface area (Å²) in [5, 5.41) is 9.65. The number of amides is 2. The van der Waals surface area contributed by atoms with Crippen molar-refractivity contribution in [1.29, 1.82) is 0 Å². The van der Waals surface area contributed by atoms with Gasteiger partial charge in [0.1, 0.15) is 12.9 Å². The van der Waals surface area contributed by atoms with E-state index in [9.17, 15) is 9.59 Å². The summed E-state index contributed by atoms with van der Waals surface area (Å²) in [7, 11) is 1.54. The molecule has 1 heterocycles. The lowest BCUT2D eigenvalue weighted by molar-refractivity contribution is -0.121. The molecule has 0 spiro atoms. The van der Waals surface area contributed by atoms with Gasteiger partial charge >= 0.3 is 0 Å². The molecule has 0 aliphatic heterocycles. The molecule has 1 aromatic heterocycles. The van der Waals surface area contributed by atoms with Crippen molar-refractivity contribution >= 4 is 29.4 Å². The van der Waals surface area contributed by atoms with E-state index in [4.69, 9.17) is 11.6 Å². The van der Waals surface area contributed by atoms with Gasteiger partial charge in [0.2, 0.25) is 17.8 Å². The van der Waals surface area contributed by atoms with Crippen LogP contribution in [0.3, 0.4) is 0 Å². The maximum Gasteiger partial charge on any atom is 0.248 e. The van der Waals surface area contributed by atoms with Gasteiger partial charge in [0, 0.05) is 12.1 Å². The zero-order chi connectivity index (χ0) is 15.2. The van der Waals surface area contributed by atoms with Crippen LogP contribution in [0.25, 0.3) is 0 Å². The SMILES string of the molecule is CNC(=O)Cn1cnc(NC(=O)Cc2ccc(Cl)cc2)n1. The summed E-state index contributed by atoms with van der Waals surface area (Å²) >= 11 is 5.78. The minimum Gasteiger partial charge on any atom is -0.358 e. The fourth-order valence-electron chi connectivity index (χ4n) is 1.61. The number of carbonyl (C=O) groups is 2. The summed E-state index contributed by atoms with van der Waals surface area (Å²) in [4.78, 5) is 26.9. The summed E-state index contributed by atoms with van der Waals surface area (Å²) in [6.07, 6.45) is 1.58. The van der Waals surface area contributed by atoms with Crippen molar-refractivity contribution in [3.05, 3.63) is 41.2 Å². The highest BCUT2D eigenvalue weighted by atomic mass is 35.5. The minimum atomic E-state index is -0.241. The van der Waals surface area contributed by atoms with Crippen LogP contribution in [0.15, 0.2) is 30.6 Å². The van der Waals surface area contributed by atoms with E-state index in [0.29, 0.717) is 5.02 Å². The van der Waals surface area contributed by atoms with Gasteiger partial charge < -0.3 is 5.32 Å². The molecule has 2 rings (SSSR count). The number of hydrogen-bond acceptors (Lipinski definition) is 4. The van der Waals surface area contributed by atoms with Crippen LogP contribution < -0.4 is 10.6 Å². The molecule has 21 heavy (non-hydrogen) atoms. The number of anilines is 1. The third-order valence-electron chi connectivity index (χ3n) is 2.65. The summed E-state index contributed by atoms with van der Waals surface area (Å²) in [5.41, 5.74) is 0.835. The molecule has 8 heteroatoms. The number of hydrogen-bond donors (Lipinski definition) is 2. The Morgan fingerprint density at radius 2 is 1.95 bits per heavy atom. The Hall–Kier alpha value is -2.41. The molecule has 2 aromatic rings. The molecule has 0 aliphatic rings. The zero-order valence-electron chi connectivity index (χ0n) is 11.3. The number of nitrogens with zero attached hydrogens (tertiary/aromatic N) is 3. The second-order valence-corrected chi connectivity index (χ2v) is 4.73. The summed E-state index contributed by atoms with van der Waals surface area (Å²) in [6.45, 7) is 0.0521. The van der Waals surface area contributed by atoms with E-state index >= 15 is 0 Å². The van der Waals surface area contributed by atoms with Crippen molar-refractivity contribution in [1.82, 2.24) is 20.1 Å². The Balaban J connectivity index is 1.90. The average molecular weight is 308 g/mol. The lowest BCUT2D eigenvalue weighted by Crippen LogP contribution is -2.23. The molecule has 2 N–H and O–H groups in total. The molecule has 0 atom stereocenters. The Kier molecular flexibility index (Phi) is 4.89. The first-order chi connectivity index (χ1) is 10.1. The standard InChI is InChI=1S/C13H14ClN5O2/c1-15-12(21)7-19-8-16-13(18-19)17-11(20)6-9-2-4-10(14)5-3-9/h2-5,8H,6-7H2,1H3,(H,15,21)(H,17,18,20). The number of carbonyl (C=O) groups excluding carboxylic acids is 2. The molecule has 110 valence electrons. The van der Waals surface area contributed by atoms with Crippen molar-refractivity contribution in [3.63, 3.8) is 0 Å². The minimum absolute atomic E-state index is 0.0521. The van der Waals surface area contributed by atoms with E-state index in [0.717, 1.165) is 5.56 Å². The predicted molar refractivity (Wildman–Crippen MR) is 77.9 cm³/mol. The Bertz CT molecular complexity index is 638. The molecule has 0 fully saturated rings. The van der Waals surface area contributed by atoms with Crippen molar-refractivity contribution in [2.24, 2.45) is 0 Å². The van der Waals surface area contributed by atoms with Gasteiger partial charge in [-0.1, -0.05) is 23.7 Å². The van der Waals surface area contributed by atoms with Crippen LogP contribution in [0.1, 0.15) is 5.56 Å². The van der Waals surface area contributed by atoms with Crippen LogP contribution in [0.5, 0.6) is 0 Å². The number of nitrogens with one attached hydrogen (secondary N) is 2. The van der Waals surface area contributed by atoms with Crippen molar-refractivity contribution in [3.8, 4) is 0 Å². The number of likely N-dealkylation sites (N-methyl/N-ethyl adjacent to an activating group) is 1. The van der Waals surface area contributed by atoms with Gasteiger partial charge in [-0.05, 0) is 17.7 Å². The van der Waals surface area contributed by atoms with Gasteiger partial charge in [-0.15, -0.1) is 5.10 Å². The van der Waals surface area contributed by atoms with Crippen molar-refractivity contribution in [2.75, 3.05) is 12.4 Å². The van der Waals surface area contributed by atoms with Crippen LogP contribution in [0.4, 0.5) is 5.95 Å². The maximum absolute atomic E-state index is 11.8. The second-order valence-electron chi connectivity index (χ2n) is 4.29. The van der Waals surface area contributed by atoms with E-state index in [1.807, 2.05) is 0 Å². The first-order valence-corrected chi connectivity index (χ1v) is 6.59. The Morgan fingerprint density at radius 1 is 1.24 bits per heavy atom. The summed E-state index contributed by atoms with van der Waals surface area (Å²) < 4.78 is 1.34. The van der Waals surface area contributed by atoms with Crippen molar-refractivity contribution < 1.29 is 9.59 Å². The highest BCUT2D eigenvalue weighted by Crippen LogP contribution is 2.10. The quantitative estimate of drug-likeness (QED) is 0.857. The van der Waals surface area contributed by atoms with Crippen molar-refractivity contribution in [2.45, 2.75) is 13.0 Å². The number of benzene rings is 1. The largest absolute Gasteiger partial charge is 0.358 e. The van der Waals surface area contributed by atoms with Crippen LogP contribution >= 0.6 is 11.6 Å². The number of aromatic nitrogens is 3. The van der Waals surface area contributed by atoms with Crippen LogP contribution in [-0.4, -0.2) is 33.6 Å². The highest BCUT2D eigenvalue weighted by Gasteiger charge is 2.09. The lowest BCUT2D eigenvalue weighted by atomic mass is 10.1. The molecule has 0 bridgehead atoms. The topological polar surface area (TPSA) is 88.9 Å². The molecular formula is C13H14ClN5O2. The van der Waals surface area contributed by atoms with E-state index in [1.165, 1.54) is 18.1 Å². The third-order valence-corrected chi connectivity index (χ3v) is 2.90. The smallest absolute Gasteiger partial charge is 0.248 e. The number of halogens is 1. The van der Waals surface area contributed by atoms with Gasteiger partial charge in [-0.2, -0.15) is 0 Å². The van der Waals surface area contributed by atoms with Gasteiger partial charge in [-0.25, -0.2) is 9.67 Å². The fraction of sp³-hybridized carbons (Fsp3) is 0.231. The molecule has 0 saturated carbocycles. The third kappa shape index (κ3) is 4.57. The molecule has 0 aliphatic carbocycles. The molecular weight excluding hydrogens is 294 g/mol. The second kappa shape index (κ2) is 6.85. The predicted octanol–water partition coefficient (Wildman–Crippen LogP) is 0.859. The molecule has 0 saturated heterocycles. The van der Waals surface area contributed by atoms with Gasteiger partial charge in [0.15, 0.2) is 0 Å². The molecule has 7 nitrogen and oxygen atoms in total. The fourth-order valence-corrected chi connectivity index (χ4v) is 1.74. The first kappa shape index (κ1) is 15.0.